The predicted octanol–water partition coefficient (Wildman–Crippen LogP) is 3.77. The number of ether oxygens (including phenoxy) is 2. The smallest absolute Gasteiger partial charge is 0.342 e. The zero-order chi connectivity index (χ0) is 21.7. The quantitative estimate of drug-likeness (QED) is 0.415. The standard InChI is InChI=1S/C21H22N4O4S/c1-25(2)15-7-5-13(6-8-15)9-18(20(26)27)30-21-22-19(23-24-21)14-10-16(28-3)12-17(11-14)29-4/h5-12H,1-4H3,(H,26,27)(H,22,23,24)/b18-9-. The Bertz CT molecular complexity index is 1040. The van der Waals surface area contributed by atoms with Gasteiger partial charge >= 0.3 is 5.97 Å². The molecular weight excluding hydrogens is 404 g/mol. The normalized spacial score (nSPS) is 11.3. The molecule has 0 saturated carbocycles. The van der Waals surface area contributed by atoms with E-state index < -0.39 is 5.97 Å². The van der Waals surface area contributed by atoms with Gasteiger partial charge in [-0.2, -0.15) is 0 Å². The number of hydrogen-bond acceptors (Lipinski definition) is 7. The molecule has 0 aliphatic carbocycles. The first kappa shape index (κ1) is 21.3. The van der Waals surface area contributed by atoms with E-state index >= 15 is 0 Å². The molecule has 30 heavy (non-hydrogen) atoms. The van der Waals surface area contributed by atoms with E-state index in [4.69, 9.17) is 9.47 Å². The highest BCUT2D eigenvalue weighted by Gasteiger charge is 2.15. The molecule has 1 aromatic heterocycles. The van der Waals surface area contributed by atoms with E-state index in [0.29, 0.717) is 28.0 Å². The van der Waals surface area contributed by atoms with Gasteiger partial charge in [-0.05, 0) is 47.7 Å². The molecule has 0 aliphatic rings. The van der Waals surface area contributed by atoms with Gasteiger partial charge in [0.25, 0.3) is 0 Å². The summed E-state index contributed by atoms with van der Waals surface area (Å²) in [5.74, 6) is 0.658. The van der Waals surface area contributed by atoms with Crippen molar-refractivity contribution in [1.82, 2.24) is 15.2 Å². The van der Waals surface area contributed by atoms with Crippen LogP contribution in [-0.2, 0) is 4.79 Å². The fourth-order valence-electron chi connectivity index (χ4n) is 2.62. The lowest BCUT2D eigenvalue weighted by atomic mass is 10.2. The number of carbonyl (C=O) groups is 1. The van der Waals surface area contributed by atoms with Crippen LogP contribution in [-0.4, -0.2) is 54.6 Å². The third-order valence-electron chi connectivity index (χ3n) is 4.21. The van der Waals surface area contributed by atoms with Crippen LogP contribution in [0, 0.1) is 0 Å². The van der Waals surface area contributed by atoms with Crippen molar-refractivity contribution >= 4 is 29.5 Å². The number of benzene rings is 2. The fourth-order valence-corrected chi connectivity index (χ4v) is 3.33. The SMILES string of the molecule is COc1cc(OC)cc(-c2nc(S/C(=C\c3ccc(N(C)C)cc3)C(=O)O)n[nH]2)c1. The van der Waals surface area contributed by atoms with Crippen LogP contribution in [0.15, 0.2) is 52.5 Å². The Morgan fingerprint density at radius 1 is 1.10 bits per heavy atom. The Morgan fingerprint density at radius 2 is 1.73 bits per heavy atom. The fraction of sp³-hybridized carbons (Fsp3) is 0.190. The maximum absolute atomic E-state index is 11.7. The monoisotopic (exact) mass is 426 g/mol. The van der Waals surface area contributed by atoms with Crippen LogP contribution in [0.4, 0.5) is 5.69 Å². The van der Waals surface area contributed by atoms with E-state index in [1.807, 2.05) is 43.3 Å². The largest absolute Gasteiger partial charge is 0.497 e. The van der Waals surface area contributed by atoms with Crippen LogP contribution in [0.25, 0.3) is 17.5 Å². The molecule has 0 aliphatic heterocycles. The molecule has 2 aromatic carbocycles. The molecule has 0 saturated heterocycles. The lowest BCUT2D eigenvalue weighted by Gasteiger charge is -2.11. The second-order valence-electron chi connectivity index (χ2n) is 6.47. The predicted molar refractivity (Wildman–Crippen MR) is 117 cm³/mol. The summed E-state index contributed by atoms with van der Waals surface area (Å²) in [6.45, 7) is 0. The van der Waals surface area contributed by atoms with Crippen LogP contribution in [0.5, 0.6) is 11.5 Å². The first-order chi connectivity index (χ1) is 14.4. The van der Waals surface area contributed by atoms with Gasteiger partial charge in [0.2, 0.25) is 5.16 Å². The molecule has 0 fully saturated rings. The van der Waals surface area contributed by atoms with Gasteiger partial charge in [0.1, 0.15) is 16.4 Å². The summed E-state index contributed by atoms with van der Waals surface area (Å²) in [7, 11) is 7.02. The molecule has 0 amide bonds. The summed E-state index contributed by atoms with van der Waals surface area (Å²) in [5, 5.41) is 16.9. The number of nitrogens with one attached hydrogen (secondary N) is 1. The molecule has 3 rings (SSSR count). The van der Waals surface area contributed by atoms with Gasteiger partial charge in [-0.1, -0.05) is 12.1 Å². The number of nitrogens with zero attached hydrogens (tertiary/aromatic N) is 3. The number of aliphatic carboxylic acids is 1. The highest BCUT2D eigenvalue weighted by Crippen LogP contribution is 2.31. The van der Waals surface area contributed by atoms with E-state index in [1.165, 1.54) is 0 Å². The van der Waals surface area contributed by atoms with Gasteiger partial charge in [0, 0.05) is 31.4 Å². The van der Waals surface area contributed by atoms with Crippen molar-refractivity contribution in [3.8, 4) is 22.9 Å². The van der Waals surface area contributed by atoms with Crippen LogP contribution in [0.1, 0.15) is 5.56 Å². The summed E-state index contributed by atoms with van der Waals surface area (Å²) < 4.78 is 10.5. The average molecular weight is 426 g/mol. The summed E-state index contributed by atoms with van der Waals surface area (Å²) in [6.07, 6.45) is 1.59. The average Bonchev–Trinajstić information content (AvgIpc) is 3.21. The van der Waals surface area contributed by atoms with E-state index in [9.17, 15) is 9.90 Å². The molecule has 0 bridgehead atoms. The summed E-state index contributed by atoms with van der Waals surface area (Å²) in [5.41, 5.74) is 2.52. The first-order valence-electron chi connectivity index (χ1n) is 8.95. The van der Waals surface area contributed by atoms with Gasteiger partial charge in [0.15, 0.2) is 5.82 Å². The number of thioether (sulfide) groups is 1. The van der Waals surface area contributed by atoms with Crippen molar-refractivity contribution < 1.29 is 19.4 Å². The molecule has 156 valence electrons. The van der Waals surface area contributed by atoms with E-state index in [2.05, 4.69) is 15.2 Å². The highest BCUT2D eigenvalue weighted by molar-refractivity contribution is 8.04. The van der Waals surface area contributed by atoms with Gasteiger partial charge in [-0.3, -0.25) is 5.10 Å². The molecule has 9 heteroatoms. The third-order valence-corrected chi connectivity index (χ3v) is 5.09. The molecule has 8 nitrogen and oxygen atoms in total. The summed E-state index contributed by atoms with van der Waals surface area (Å²) in [6, 6.07) is 12.9. The second-order valence-corrected chi connectivity index (χ2v) is 7.48. The Morgan fingerprint density at radius 3 is 2.27 bits per heavy atom. The minimum Gasteiger partial charge on any atom is -0.497 e. The number of aromatic nitrogens is 3. The maximum atomic E-state index is 11.7. The number of rotatable bonds is 8. The van der Waals surface area contributed by atoms with E-state index in [1.54, 1.807) is 38.5 Å². The molecule has 1 heterocycles. The molecular formula is C21H22N4O4S. The number of H-pyrrole nitrogens is 1. The minimum atomic E-state index is -1.05. The Labute approximate surface area is 178 Å². The number of anilines is 1. The molecule has 0 unspecified atom stereocenters. The van der Waals surface area contributed by atoms with Gasteiger partial charge < -0.3 is 19.5 Å². The zero-order valence-corrected chi connectivity index (χ0v) is 17.9. The van der Waals surface area contributed by atoms with Crippen molar-refractivity contribution in [1.29, 1.82) is 0 Å². The molecule has 2 N–H and O–H groups in total. The Kier molecular flexibility index (Phi) is 6.63. The highest BCUT2D eigenvalue weighted by atomic mass is 32.2. The van der Waals surface area contributed by atoms with E-state index in [0.717, 1.165) is 23.0 Å². The van der Waals surface area contributed by atoms with Crippen LogP contribution in [0.3, 0.4) is 0 Å². The van der Waals surface area contributed by atoms with Crippen molar-refractivity contribution in [2.24, 2.45) is 0 Å². The van der Waals surface area contributed by atoms with Gasteiger partial charge in [-0.15, -0.1) is 5.10 Å². The lowest BCUT2D eigenvalue weighted by molar-refractivity contribution is -0.131. The number of hydrogen-bond donors (Lipinski definition) is 2. The summed E-state index contributed by atoms with van der Waals surface area (Å²) in [4.78, 5) is 18.2. The number of aromatic amines is 1. The van der Waals surface area contributed by atoms with Crippen molar-refractivity contribution in [2.75, 3.05) is 33.2 Å². The minimum absolute atomic E-state index is 0.112. The number of methoxy groups -OCH3 is 2. The second kappa shape index (κ2) is 9.36. The number of carboxylic acid groups (broad SMARTS) is 1. The molecule has 0 atom stereocenters. The van der Waals surface area contributed by atoms with Crippen LogP contribution >= 0.6 is 11.8 Å². The Hall–Kier alpha value is -3.46. The number of carboxylic acids is 1. The first-order valence-corrected chi connectivity index (χ1v) is 9.77. The molecule has 0 radical (unpaired) electrons. The van der Waals surface area contributed by atoms with Gasteiger partial charge in [0.05, 0.1) is 14.2 Å². The maximum Gasteiger partial charge on any atom is 0.342 e. The van der Waals surface area contributed by atoms with Crippen LogP contribution < -0.4 is 14.4 Å². The molecule has 3 aromatic rings. The van der Waals surface area contributed by atoms with E-state index in [-0.39, 0.29) is 4.91 Å². The van der Waals surface area contributed by atoms with Crippen molar-refractivity contribution in [3.63, 3.8) is 0 Å². The Balaban J connectivity index is 1.84. The van der Waals surface area contributed by atoms with Crippen molar-refractivity contribution in [3.05, 3.63) is 52.9 Å². The van der Waals surface area contributed by atoms with Crippen LogP contribution in [0.2, 0.25) is 0 Å². The lowest BCUT2D eigenvalue weighted by Crippen LogP contribution is -2.07. The zero-order valence-electron chi connectivity index (χ0n) is 17.0. The van der Waals surface area contributed by atoms with Crippen molar-refractivity contribution in [2.45, 2.75) is 5.16 Å². The summed E-state index contributed by atoms with van der Waals surface area (Å²) >= 11 is 0.973. The topological polar surface area (TPSA) is 101 Å². The third kappa shape index (κ3) is 5.12. The van der Waals surface area contributed by atoms with Gasteiger partial charge in [-0.25, -0.2) is 9.78 Å². The molecule has 0 spiro atoms.